The zero-order valence-corrected chi connectivity index (χ0v) is 9.63. The van der Waals surface area contributed by atoms with Gasteiger partial charge >= 0.3 is 0 Å². The van der Waals surface area contributed by atoms with Crippen LogP contribution < -0.4 is 0 Å². The van der Waals surface area contributed by atoms with Crippen LogP contribution in [0.15, 0.2) is 0 Å². The maximum Gasteiger partial charge on any atom is 0.0624 e. The molecule has 82 valence electrons. The molecule has 0 aromatic carbocycles. The van der Waals surface area contributed by atoms with Gasteiger partial charge in [0.2, 0.25) is 0 Å². The molecule has 0 radical (unpaired) electrons. The number of aliphatic hydroxyl groups is 1. The lowest BCUT2D eigenvalue weighted by atomic mass is 9.56. The van der Waals surface area contributed by atoms with Gasteiger partial charge in [0.25, 0.3) is 0 Å². The normalized spacial score (nSPS) is 49.5. The Balaban J connectivity index is 2.18. The summed E-state index contributed by atoms with van der Waals surface area (Å²) in [7, 11) is 0. The first-order chi connectivity index (χ1) is 6.67. The third kappa shape index (κ3) is 1.50. The Morgan fingerprint density at radius 2 is 1.71 bits per heavy atom. The van der Waals surface area contributed by atoms with E-state index in [2.05, 4.69) is 13.8 Å². The van der Waals surface area contributed by atoms with Crippen LogP contribution in [0.25, 0.3) is 0 Å². The van der Waals surface area contributed by atoms with Crippen LogP contribution in [-0.4, -0.2) is 11.2 Å². The van der Waals surface area contributed by atoms with E-state index in [-0.39, 0.29) is 6.10 Å². The largest absolute Gasteiger partial charge is 0.392 e. The second-order valence-electron chi connectivity index (χ2n) is 5.69. The van der Waals surface area contributed by atoms with Crippen LogP contribution in [0.1, 0.15) is 58.8 Å². The summed E-state index contributed by atoms with van der Waals surface area (Å²) in [6.45, 7) is 4.59. The second kappa shape index (κ2) is 3.84. The molecule has 14 heavy (non-hydrogen) atoms. The first kappa shape index (κ1) is 10.5. The Labute approximate surface area is 87.9 Å². The summed E-state index contributed by atoms with van der Waals surface area (Å²) < 4.78 is 0. The fourth-order valence-corrected chi connectivity index (χ4v) is 3.87. The maximum absolute atomic E-state index is 10.4. The van der Waals surface area contributed by atoms with E-state index < -0.39 is 0 Å². The number of rotatable bonds is 0. The molecule has 4 atom stereocenters. The predicted molar refractivity (Wildman–Crippen MR) is 59.1 cm³/mol. The molecular formula is C13H24O. The van der Waals surface area contributed by atoms with Gasteiger partial charge in [-0.15, -0.1) is 0 Å². The van der Waals surface area contributed by atoms with Crippen LogP contribution in [0.3, 0.4) is 0 Å². The summed E-state index contributed by atoms with van der Waals surface area (Å²) in [5.41, 5.74) is 0.302. The smallest absolute Gasteiger partial charge is 0.0624 e. The summed E-state index contributed by atoms with van der Waals surface area (Å²) in [4.78, 5) is 0. The number of aliphatic hydroxyl groups excluding tert-OH is 1. The highest BCUT2D eigenvalue weighted by molar-refractivity contribution is 4.97. The van der Waals surface area contributed by atoms with Crippen molar-refractivity contribution in [3.63, 3.8) is 0 Å². The topological polar surface area (TPSA) is 20.2 Å². The average molecular weight is 196 g/mol. The molecule has 2 aliphatic carbocycles. The Morgan fingerprint density at radius 1 is 1.00 bits per heavy atom. The van der Waals surface area contributed by atoms with E-state index in [0.29, 0.717) is 11.3 Å². The number of hydrogen-bond donors (Lipinski definition) is 1. The molecule has 1 spiro atoms. The van der Waals surface area contributed by atoms with E-state index in [1.807, 2.05) is 0 Å². The fourth-order valence-electron chi connectivity index (χ4n) is 3.87. The molecule has 0 bridgehead atoms. The first-order valence-electron chi connectivity index (χ1n) is 6.35. The minimum Gasteiger partial charge on any atom is -0.392 e. The van der Waals surface area contributed by atoms with Gasteiger partial charge in [-0.2, -0.15) is 0 Å². The van der Waals surface area contributed by atoms with Gasteiger partial charge in [-0.1, -0.05) is 39.5 Å². The molecule has 3 unspecified atom stereocenters. The molecule has 1 heteroatoms. The van der Waals surface area contributed by atoms with Crippen LogP contribution in [-0.2, 0) is 0 Å². The second-order valence-corrected chi connectivity index (χ2v) is 5.69. The highest BCUT2D eigenvalue weighted by Crippen LogP contribution is 2.52. The zero-order valence-electron chi connectivity index (χ0n) is 9.63. The molecule has 2 saturated carbocycles. The molecule has 0 saturated heterocycles. The van der Waals surface area contributed by atoms with Crippen molar-refractivity contribution in [3.05, 3.63) is 0 Å². The predicted octanol–water partition coefficient (Wildman–Crippen LogP) is 3.36. The molecule has 2 rings (SSSR count). The van der Waals surface area contributed by atoms with Gasteiger partial charge in [0.05, 0.1) is 6.10 Å². The van der Waals surface area contributed by atoms with Gasteiger partial charge in [0, 0.05) is 0 Å². The van der Waals surface area contributed by atoms with E-state index in [1.165, 1.54) is 44.9 Å². The van der Waals surface area contributed by atoms with Crippen molar-refractivity contribution in [1.82, 2.24) is 0 Å². The van der Waals surface area contributed by atoms with Crippen molar-refractivity contribution >= 4 is 0 Å². The van der Waals surface area contributed by atoms with E-state index in [4.69, 9.17) is 0 Å². The SMILES string of the molecule is CC1CCCCC12CCC[C@H](C)C2O. The Bertz CT molecular complexity index is 197. The molecule has 2 aliphatic rings. The third-order valence-electron chi connectivity index (χ3n) is 4.94. The number of hydrogen-bond acceptors (Lipinski definition) is 1. The van der Waals surface area contributed by atoms with Crippen molar-refractivity contribution in [2.75, 3.05) is 0 Å². The van der Waals surface area contributed by atoms with Crippen molar-refractivity contribution in [2.45, 2.75) is 64.9 Å². The van der Waals surface area contributed by atoms with Crippen LogP contribution in [0, 0.1) is 17.3 Å². The van der Waals surface area contributed by atoms with E-state index >= 15 is 0 Å². The molecule has 0 aliphatic heterocycles. The highest BCUT2D eigenvalue weighted by atomic mass is 16.3. The Morgan fingerprint density at radius 3 is 2.43 bits per heavy atom. The molecule has 2 fully saturated rings. The fraction of sp³-hybridized carbons (Fsp3) is 1.00. The lowest BCUT2D eigenvalue weighted by Gasteiger charge is -2.51. The van der Waals surface area contributed by atoms with Crippen molar-refractivity contribution < 1.29 is 5.11 Å². The van der Waals surface area contributed by atoms with Gasteiger partial charge < -0.3 is 5.11 Å². The zero-order chi connectivity index (χ0) is 10.2. The molecule has 0 aromatic rings. The Hall–Kier alpha value is -0.0400. The monoisotopic (exact) mass is 196 g/mol. The highest BCUT2D eigenvalue weighted by Gasteiger charge is 2.47. The van der Waals surface area contributed by atoms with Gasteiger partial charge in [-0.25, -0.2) is 0 Å². The Kier molecular flexibility index (Phi) is 2.88. The lowest BCUT2D eigenvalue weighted by Crippen LogP contribution is -2.48. The minimum absolute atomic E-state index is 0.0217. The summed E-state index contributed by atoms with van der Waals surface area (Å²) in [5, 5.41) is 10.4. The minimum atomic E-state index is -0.0217. The quantitative estimate of drug-likeness (QED) is 0.630. The van der Waals surface area contributed by atoms with E-state index in [9.17, 15) is 5.11 Å². The molecule has 1 N–H and O–H groups in total. The molecule has 0 aromatic heterocycles. The molecule has 0 heterocycles. The van der Waals surface area contributed by atoms with Gasteiger partial charge in [-0.3, -0.25) is 0 Å². The standard InChI is InChI=1S/C13H24O/c1-10-6-5-9-13(12(10)14)8-4-3-7-11(13)2/h10-12,14H,3-9H2,1-2H3/t10-,11?,12?,13?/m0/s1. The summed E-state index contributed by atoms with van der Waals surface area (Å²) in [6, 6.07) is 0. The van der Waals surface area contributed by atoms with Crippen LogP contribution in [0.4, 0.5) is 0 Å². The van der Waals surface area contributed by atoms with Crippen LogP contribution in [0.2, 0.25) is 0 Å². The first-order valence-corrected chi connectivity index (χ1v) is 6.35. The van der Waals surface area contributed by atoms with Gasteiger partial charge in [-0.05, 0) is 36.5 Å². The van der Waals surface area contributed by atoms with E-state index in [1.54, 1.807) is 0 Å². The lowest BCUT2D eigenvalue weighted by molar-refractivity contribution is -0.0974. The summed E-state index contributed by atoms with van der Waals surface area (Å²) >= 11 is 0. The maximum atomic E-state index is 10.4. The molecular weight excluding hydrogens is 172 g/mol. The third-order valence-corrected chi connectivity index (χ3v) is 4.94. The molecule has 1 nitrogen and oxygen atoms in total. The van der Waals surface area contributed by atoms with Crippen molar-refractivity contribution in [1.29, 1.82) is 0 Å². The van der Waals surface area contributed by atoms with E-state index in [0.717, 1.165) is 5.92 Å². The average Bonchev–Trinajstić information content (AvgIpc) is 2.18. The van der Waals surface area contributed by atoms with Gasteiger partial charge in [0.1, 0.15) is 0 Å². The van der Waals surface area contributed by atoms with Crippen LogP contribution in [0.5, 0.6) is 0 Å². The van der Waals surface area contributed by atoms with Crippen molar-refractivity contribution in [3.8, 4) is 0 Å². The van der Waals surface area contributed by atoms with Crippen LogP contribution >= 0.6 is 0 Å². The summed E-state index contributed by atoms with van der Waals surface area (Å²) in [5.74, 6) is 1.28. The van der Waals surface area contributed by atoms with Crippen molar-refractivity contribution in [2.24, 2.45) is 17.3 Å². The summed E-state index contributed by atoms with van der Waals surface area (Å²) in [6.07, 6.45) is 9.16. The van der Waals surface area contributed by atoms with Gasteiger partial charge in [0.15, 0.2) is 0 Å². The molecule has 0 amide bonds.